The van der Waals surface area contributed by atoms with E-state index in [0.29, 0.717) is 56.3 Å². The summed E-state index contributed by atoms with van der Waals surface area (Å²) in [7, 11) is 0. The van der Waals surface area contributed by atoms with Gasteiger partial charge in [0, 0.05) is 59.1 Å². The van der Waals surface area contributed by atoms with E-state index in [2.05, 4.69) is 31.2 Å². The Hall–Kier alpha value is -6.79. The molecule has 18 heteroatoms. The van der Waals surface area contributed by atoms with Crippen LogP contribution in [0.5, 0.6) is 0 Å². The van der Waals surface area contributed by atoms with E-state index in [1.165, 1.54) is 37.3 Å². The monoisotopic (exact) mass is 818 g/mol. The van der Waals surface area contributed by atoms with Crippen molar-refractivity contribution in [2.24, 2.45) is 0 Å². The van der Waals surface area contributed by atoms with Gasteiger partial charge >= 0.3 is 5.97 Å². The van der Waals surface area contributed by atoms with Gasteiger partial charge in [-0.05, 0) is 88.2 Å². The number of fused-ring (bicyclic) bond motifs is 2. The normalized spacial score (nSPS) is 15.2. The van der Waals surface area contributed by atoms with Gasteiger partial charge in [-0.15, -0.1) is 0 Å². The van der Waals surface area contributed by atoms with Crippen LogP contribution in [0, 0.1) is 45.1 Å². The molecule has 4 amide bonds. The third-order valence-corrected chi connectivity index (χ3v) is 9.54. The minimum Gasteiger partial charge on any atom is -0.481 e. The SMILES string of the molecule is CC(=O)CC(O)CNC(=O)c1c(C)[nH]c(/C=C2\C(=O)Nc3ccc(F)c(F)c32)c1C.Cc1[nH]c(/C=C2\C(=O)Nc3ccc(F)cc32)c(C)c1C(=O)NCC(O)CC(=O)O. The molecule has 310 valence electrons. The Morgan fingerprint density at radius 3 is 1.76 bits per heavy atom. The van der Waals surface area contributed by atoms with Crippen LogP contribution in [0.1, 0.15) is 85.5 Å². The van der Waals surface area contributed by atoms with E-state index in [4.69, 9.17) is 5.11 Å². The van der Waals surface area contributed by atoms with Crippen molar-refractivity contribution in [1.82, 2.24) is 20.6 Å². The number of anilines is 2. The predicted molar refractivity (Wildman–Crippen MR) is 211 cm³/mol. The zero-order valence-electron chi connectivity index (χ0n) is 32.4. The maximum atomic E-state index is 14.3. The molecule has 0 saturated carbocycles. The number of hydrogen-bond acceptors (Lipinski definition) is 8. The molecule has 4 aromatic rings. The number of aromatic nitrogens is 2. The molecule has 15 nitrogen and oxygen atoms in total. The number of carboxylic acids is 1. The lowest BCUT2D eigenvalue weighted by Crippen LogP contribution is -2.33. The fraction of sp³-hybridized carbons (Fsp3) is 0.268. The Balaban J connectivity index is 0.000000224. The number of amides is 4. The van der Waals surface area contributed by atoms with Gasteiger partial charge in [0.1, 0.15) is 11.6 Å². The second-order valence-corrected chi connectivity index (χ2v) is 14.1. The first-order chi connectivity index (χ1) is 27.8. The molecule has 0 aliphatic carbocycles. The molecular weight excluding hydrogens is 777 g/mol. The summed E-state index contributed by atoms with van der Waals surface area (Å²) in [5, 5.41) is 38.2. The molecule has 9 N–H and O–H groups in total. The van der Waals surface area contributed by atoms with Crippen LogP contribution in [0.3, 0.4) is 0 Å². The van der Waals surface area contributed by atoms with E-state index >= 15 is 0 Å². The van der Waals surface area contributed by atoms with Crippen LogP contribution >= 0.6 is 0 Å². The van der Waals surface area contributed by atoms with Crippen molar-refractivity contribution in [1.29, 1.82) is 0 Å². The predicted octanol–water partition coefficient (Wildman–Crippen LogP) is 4.30. The minimum absolute atomic E-state index is 0.0600. The Labute approximate surface area is 334 Å². The van der Waals surface area contributed by atoms with E-state index in [-0.39, 0.29) is 53.6 Å². The number of ketones is 1. The van der Waals surface area contributed by atoms with E-state index < -0.39 is 59.8 Å². The molecule has 2 aromatic heterocycles. The molecule has 59 heavy (non-hydrogen) atoms. The van der Waals surface area contributed by atoms with Crippen LogP contribution in [0.15, 0.2) is 30.3 Å². The van der Waals surface area contributed by atoms with Crippen molar-refractivity contribution < 1.29 is 57.3 Å². The van der Waals surface area contributed by atoms with Crippen LogP contribution in [-0.2, 0) is 19.2 Å². The number of aliphatic hydroxyl groups excluding tert-OH is 2. The van der Waals surface area contributed by atoms with Gasteiger partial charge in [-0.3, -0.25) is 28.8 Å². The molecule has 4 heterocycles. The highest BCUT2D eigenvalue weighted by molar-refractivity contribution is 6.35. The number of Topliss-reactive ketones (excluding diaryl/α,β-unsaturated/α-hetero) is 1. The van der Waals surface area contributed by atoms with Gasteiger partial charge in [0.05, 0.1) is 46.6 Å². The summed E-state index contributed by atoms with van der Waals surface area (Å²) in [6.07, 6.45) is 0.176. The number of aliphatic carboxylic acids is 1. The van der Waals surface area contributed by atoms with Crippen LogP contribution < -0.4 is 21.3 Å². The van der Waals surface area contributed by atoms with Gasteiger partial charge in [0.2, 0.25) is 0 Å². The van der Waals surface area contributed by atoms with Crippen molar-refractivity contribution in [2.75, 3.05) is 23.7 Å². The Bertz CT molecular complexity index is 2470. The van der Waals surface area contributed by atoms with Crippen LogP contribution in [0.25, 0.3) is 23.3 Å². The third-order valence-electron chi connectivity index (χ3n) is 9.54. The molecule has 0 spiro atoms. The maximum absolute atomic E-state index is 14.3. The average Bonchev–Trinajstić information content (AvgIpc) is 3.83. The Morgan fingerprint density at radius 2 is 1.22 bits per heavy atom. The van der Waals surface area contributed by atoms with Crippen LogP contribution in [0.4, 0.5) is 24.5 Å². The molecule has 0 radical (unpaired) electrons. The summed E-state index contributed by atoms with van der Waals surface area (Å²) >= 11 is 0. The fourth-order valence-electron chi connectivity index (χ4n) is 6.74. The van der Waals surface area contributed by atoms with Crippen molar-refractivity contribution in [2.45, 2.75) is 59.7 Å². The number of halogens is 3. The first-order valence-corrected chi connectivity index (χ1v) is 18.1. The standard InChI is InChI=1S/C21H21F2N3O4.C20H20FN3O5/c1-9(27)6-12(28)8-24-21(30)17-10(2)16(25-11(17)3)7-13-18-15(26-20(13)29)5-4-14(22)19(18)23;1-9-16(7-14-13-5-11(21)3-4-15(13)24-19(14)28)23-10(2)18(9)20(29)22-8-12(25)6-17(26)27/h4-5,7,12,25,28H,6,8H2,1-3H3,(H,24,30)(H,26,29);3-5,7,12,23,25H,6,8H2,1-2H3,(H,22,29)(H,24,28)(H,26,27)/b13-7-;14-7-. The minimum atomic E-state index is -1.20. The number of nitrogens with one attached hydrogen (secondary N) is 6. The van der Waals surface area contributed by atoms with E-state index in [1.807, 2.05) is 0 Å². The lowest BCUT2D eigenvalue weighted by Gasteiger charge is -2.10. The molecule has 2 aliphatic heterocycles. The third kappa shape index (κ3) is 9.68. The maximum Gasteiger partial charge on any atom is 0.306 e. The molecule has 0 fully saturated rings. The van der Waals surface area contributed by atoms with Gasteiger partial charge in [-0.1, -0.05) is 0 Å². The van der Waals surface area contributed by atoms with Crippen LogP contribution in [0.2, 0.25) is 0 Å². The summed E-state index contributed by atoms with van der Waals surface area (Å²) in [5.41, 5.74) is 4.80. The van der Waals surface area contributed by atoms with E-state index in [0.717, 1.165) is 6.07 Å². The lowest BCUT2D eigenvalue weighted by atomic mass is 10.0. The Kier molecular flexibility index (Phi) is 13.1. The highest BCUT2D eigenvalue weighted by Crippen LogP contribution is 2.37. The number of carboxylic acid groups (broad SMARTS) is 1. The second-order valence-electron chi connectivity index (χ2n) is 14.1. The van der Waals surface area contributed by atoms with Gasteiger partial charge in [0.15, 0.2) is 11.6 Å². The largest absolute Gasteiger partial charge is 0.481 e. The van der Waals surface area contributed by atoms with Crippen molar-refractivity contribution in [3.05, 3.63) is 104 Å². The number of carbonyl (C=O) groups excluding carboxylic acids is 5. The zero-order chi connectivity index (χ0) is 43.5. The average molecular weight is 819 g/mol. The summed E-state index contributed by atoms with van der Waals surface area (Å²) in [4.78, 5) is 77.3. The highest BCUT2D eigenvalue weighted by Gasteiger charge is 2.31. The topological polar surface area (TPSA) is 243 Å². The first kappa shape index (κ1) is 43.3. The summed E-state index contributed by atoms with van der Waals surface area (Å²) in [6.45, 7) is 7.71. The van der Waals surface area contributed by atoms with Gasteiger partial charge in [-0.25, -0.2) is 13.2 Å². The van der Waals surface area contributed by atoms with Crippen molar-refractivity contribution >= 4 is 70.1 Å². The number of benzene rings is 2. The molecule has 2 aliphatic rings. The number of aryl methyl sites for hydroxylation is 2. The molecule has 2 atom stereocenters. The highest BCUT2D eigenvalue weighted by atomic mass is 19.2. The van der Waals surface area contributed by atoms with Crippen molar-refractivity contribution in [3.63, 3.8) is 0 Å². The molecule has 0 saturated heterocycles. The molecule has 2 unspecified atom stereocenters. The summed E-state index contributed by atoms with van der Waals surface area (Å²) in [5.74, 6) is -5.94. The second kappa shape index (κ2) is 17.8. The smallest absolute Gasteiger partial charge is 0.306 e. The molecule has 2 aromatic carbocycles. The van der Waals surface area contributed by atoms with Gasteiger partial charge in [-0.2, -0.15) is 0 Å². The number of aromatic amines is 2. The lowest BCUT2D eigenvalue weighted by molar-refractivity contribution is -0.139. The quantitative estimate of drug-likeness (QED) is 0.0925. The Morgan fingerprint density at radius 1 is 0.729 bits per heavy atom. The number of rotatable bonds is 12. The molecular formula is C41H41F3N6O9. The van der Waals surface area contributed by atoms with Gasteiger partial charge < -0.3 is 46.6 Å². The first-order valence-electron chi connectivity index (χ1n) is 18.1. The fourth-order valence-corrected chi connectivity index (χ4v) is 6.74. The number of aliphatic hydroxyl groups is 2. The molecule has 0 bridgehead atoms. The molecule has 6 rings (SSSR count). The zero-order valence-corrected chi connectivity index (χ0v) is 32.4. The summed E-state index contributed by atoms with van der Waals surface area (Å²) < 4.78 is 41.5. The van der Waals surface area contributed by atoms with Gasteiger partial charge in [0.25, 0.3) is 23.6 Å². The van der Waals surface area contributed by atoms with E-state index in [1.54, 1.807) is 33.8 Å². The van der Waals surface area contributed by atoms with E-state index in [9.17, 15) is 52.2 Å². The number of carbonyl (C=O) groups is 6. The summed E-state index contributed by atoms with van der Waals surface area (Å²) in [6, 6.07) is 6.22. The van der Waals surface area contributed by atoms with Crippen LogP contribution in [-0.4, -0.2) is 86.0 Å². The van der Waals surface area contributed by atoms with Crippen molar-refractivity contribution in [3.8, 4) is 0 Å². The number of hydrogen-bond donors (Lipinski definition) is 9. The number of H-pyrrole nitrogens is 2.